The average molecular weight is 302 g/mol. The molecule has 0 saturated carbocycles. The SMILES string of the molecule is CCNC1CCc2c(OCc3cccc(Cl)c3)cccc21. The summed E-state index contributed by atoms with van der Waals surface area (Å²) in [6.07, 6.45) is 2.24. The zero-order valence-electron chi connectivity index (χ0n) is 12.2. The van der Waals surface area contributed by atoms with Crippen molar-refractivity contribution < 1.29 is 4.74 Å². The summed E-state index contributed by atoms with van der Waals surface area (Å²) in [7, 11) is 0. The van der Waals surface area contributed by atoms with Crippen LogP contribution < -0.4 is 10.1 Å². The molecule has 21 heavy (non-hydrogen) atoms. The van der Waals surface area contributed by atoms with Gasteiger partial charge in [-0.2, -0.15) is 0 Å². The lowest BCUT2D eigenvalue weighted by Gasteiger charge is -2.14. The van der Waals surface area contributed by atoms with E-state index in [0.29, 0.717) is 12.6 Å². The van der Waals surface area contributed by atoms with Crippen molar-refractivity contribution in [3.05, 3.63) is 64.2 Å². The van der Waals surface area contributed by atoms with Gasteiger partial charge in [0.15, 0.2) is 0 Å². The Balaban J connectivity index is 1.75. The third-order valence-corrected chi connectivity index (χ3v) is 4.20. The summed E-state index contributed by atoms with van der Waals surface area (Å²) in [4.78, 5) is 0. The van der Waals surface area contributed by atoms with Gasteiger partial charge in [0.2, 0.25) is 0 Å². The van der Waals surface area contributed by atoms with Gasteiger partial charge in [0.1, 0.15) is 12.4 Å². The first kappa shape index (κ1) is 14.4. The molecule has 0 aliphatic heterocycles. The summed E-state index contributed by atoms with van der Waals surface area (Å²) in [6, 6.07) is 14.7. The standard InChI is InChI=1S/C18H20ClNO/c1-2-20-17-10-9-16-15(17)7-4-8-18(16)21-12-13-5-3-6-14(19)11-13/h3-8,11,17,20H,2,9-10,12H2,1H3. The lowest BCUT2D eigenvalue weighted by Crippen LogP contribution is -2.18. The molecule has 3 heteroatoms. The molecule has 110 valence electrons. The number of hydrogen-bond donors (Lipinski definition) is 1. The second-order valence-corrected chi connectivity index (χ2v) is 5.83. The Morgan fingerprint density at radius 3 is 2.90 bits per heavy atom. The van der Waals surface area contributed by atoms with Gasteiger partial charge in [0, 0.05) is 11.1 Å². The molecule has 0 heterocycles. The number of hydrogen-bond acceptors (Lipinski definition) is 2. The van der Waals surface area contributed by atoms with Gasteiger partial charge < -0.3 is 10.1 Å². The Kier molecular flexibility index (Phi) is 4.47. The molecule has 0 bridgehead atoms. The summed E-state index contributed by atoms with van der Waals surface area (Å²) in [6.45, 7) is 3.71. The van der Waals surface area contributed by atoms with Crippen molar-refractivity contribution in [3.63, 3.8) is 0 Å². The Morgan fingerprint density at radius 1 is 1.24 bits per heavy atom. The lowest BCUT2D eigenvalue weighted by molar-refractivity contribution is 0.303. The maximum absolute atomic E-state index is 6.03. The molecule has 2 nitrogen and oxygen atoms in total. The Labute approximate surface area is 131 Å². The van der Waals surface area contributed by atoms with Crippen LogP contribution in [0.2, 0.25) is 5.02 Å². The van der Waals surface area contributed by atoms with Crippen molar-refractivity contribution in [3.8, 4) is 5.75 Å². The highest BCUT2D eigenvalue weighted by Gasteiger charge is 2.24. The van der Waals surface area contributed by atoms with Crippen LogP contribution in [0, 0.1) is 0 Å². The molecular formula is C18H20ClNO. The van der Waals surface area contributed by atoms with Crippen LogP contribution >= 0.6 is 11.6 Å². The van der Waals surface area contributed by atoms with Gasteiger partial charge in [-0.05, 0) is 54.3 Å². The van der Waals surface area contributed by atoms with E-state index in [2.05, 4.69) is 30.4 Å². The van der Waals surface area contributed by atoms with E-state index in [9.17, 15) is 0 Å². The van der Waals surface area contributed by atoms with E-state index in [1.54, 1.807) is 0 Å². The van der Waals surface area contributed by atoms with Gasteiger partial charge in [-0.3, -0.25) is 0 Å². The van der Waals surface area contributed by atoms with E-state index in [0.717, 1.165) is 35.7 Å². The molecule has 0 spiro atoms. The van der Waals surface area contributed by atoms with E-state index in [1.807, 2.05) is 24.3 Å². The monoisotopic (exact) mass is 301 g/mol. The van der Waals surface area contributed by atoms with E-state index < -0.39 is 0 Å². The first-order valence-electron chi connectivity index (χ1n) is 7.50. The minimum absolute atomic E-state index is 0.472. The first-order chi connectivity index (χ1) is 10.3. The molecule has 1 atom stereocenters. The molecule has 0 fully saturated rings. The highest BCUT2D eigenvalue weighted by atomic mass is 35.5. The van der Waals surface area contributed by atoms with Crippen LogP contribution in [0.1, 0.15) is 36.1 Å². The normalized spacial score (nSPS) is 16.8. The fourth-order valence-electron chi connectivity index (χ4n) is 3.00. The molecule has 2 aromatic rings. The Morgan fingerprint density at radius 2 is 2.10 bits per heavy atom. The van der Waals surface area contributed by atoms with Crippen molar-refractivity contribution in [2.45, 2.75) is 32.4 Å². The third-order valence-electron chi connectivity index (χ3n) is 3.96. The minimum atomic E-state index is 0.472. The number of nitrogens with one attached hydrogen (secondary N) is 1. The molecule has 1 aliphatic rings. The van der Waals surface area contributed by atoms with E-state index in [1.165, 1.54) is 11.1 Å². The number of rotatable bonds is 5. The van der Waals surface area contributed by atoms with Crippen molar-refractivity contribution in [1.29, 1.82) is 0 Å². The fourth-order valence-corrected chi connectivity index (χ4v) is 3.22. The minimum Gasteiger partial charge on any atom is -0.489 e. The zero-order valence-corrected chi connectivity index (χ0v) is 13.0. The fraction of sp³-hybridized carbons (Fsp3) is 0.333. The summed E-state index contributed by atoms with van der Waals surface area (Å²) >= 11 is 6.01. The van der Waals surface area contributed by atoms with Crippen LogP contribution in [-0.4, -0.2) is 6.54 Å². The molecule has 0 aromatic heterocycles. The van der Waals surface area contributed by atoms with Gasteiger partial charge >= 0.3 is 0 Å². The third kappa shape index (κ3) is 3.22. The van der Waals surface area contributed by atoms with Crippen LogP contribution in [0.4, 0.5) is 0 Å². The second kappa shape index (κ2) is 6.50. The Bertz CT molecular complexity index is 626. The first-order valence-corrected chi connectivity index (χ1v) is 7.88. The number of halogens is 1. The van der Waals surface area contributed by atoms with Gasteiger partial charge in [-0.25, -0.2) is 0 Å². The average Bonchev–Trinajstić information content (AvgIpc) is 2.90. The van der Waals surface area contributed by atoms with Gasteiger partial charge in [0.05, 0.1) is 0 Å². The molecular weight excluding hydrogens is 282 g/mol. The van der Waals surface area contributed by atoms with Crippen LogP contribution in [0.5, 0.6) is 5.75 Å². The van der Waals surface area contributed by atoms with E-state index in [4.69, 9.17) is 16.3 Å². The molecule has 1 unspecified atom stereocenters. The van der Waals surface area contributed by atoms with E-state index in [-0.39, 0.29) is 0 Å². The van der Waals surface area contributed by atoms with Crippen molar-refractivity contribution in [1.82, 2.24) is 5.32 Å². The summed E-state index contributed by atoms with van der Waals surface area (Å²) < 4.78 is 6.03. The van der Waals surface area contributed by atoms with E-state index >= 15 is 0 Å². The smallest absolute Gasteiger partial charge is 0.123 e. The quantitative estimate of drug-likeness (QED) is 0.877. The van der Waals surface area contributed by atoms with Crippen LogP contribution in [0.3, 0.4) is 0 Å². The molecule has 1 aliphatic carbocycles. The second-order valence-electron chi connectivity index (χ2n) is 5.39. The highest BCUT2D eigenvalue weighted by molar-refractivity contribution is 6.30. The van der Waals surface area contributed by atoms with Crippen molar-refractivity contribution >= 4 is 11.6 Å². The molecule has 0 saturated heterocycles. The predicted octanol–water partition coefficient (Wildman–Crippen LogP) is 4.52. The summed E-state index contributed by atoms with van der Waals surface area (Å²) in [5.41, 5.74) is 3.84. The maximum atomic E-state index is 6.03. The van der Waals surface area contributed by atoms with Crippen LogP contribution in [-0.2, 0) is 13.0 Å². The number of ether oxygens (including phenoxy) is 1. The highest BCUT2D eigenvalue weighted by Crippen LogP contribution is 2.37. The largest absolute Gasteiger partial charge is 0.489 e. The van der Waals surface area contributed by atoms with Gasteiger partial charge in [-0.1, -0.05) is 42.8 Å². The predicted molar refractivity (Wildman–Crippen MR) is 87.0 cm³/mol. The topological polar surface area (TPSA) is 21.3 Å². The molecule has 3 rings (SSSR count). The summed E-state index contributed by atoms with van der Waals surface area (Å²) in [5, 5.41) is 4.29. The zero-order chi connectivity index (χ0) is 14.7. The number of benzene rings is 2. The van der Waals surface area contributed by atoms with Crippen molar-refractivity contribution in [2.24, 2.45) is 0 Å². The Hall–Kier alpha value is -1.51. The number of fused-ring (bicyclic) bond motifs is 1. The van der Waals surface area contributed by atoms with Gasteiger partial charge in [-0.15, -0.1) is 0 Å². The lowest BCUT2D eigenvalue weighted by atomic mass is 10.1. The summed E-state index contributed by atoms with van der Waals surface area (Å²) in [5.74, 6) is 1.01. The molecule has 2 aromatic carbocycles. The van der Waals surface area contributed by atoms with Crippen LogP contribution in [0.15, 0.2) is 42.5 Å². The molecule has 0 amide bonds. The van der Waals surface area contributed by atoms with Gasteiger partial charge in [0.25, 0.3) is 0 Å². The van der Waals surface area contributed by atoms with Crippen LogP contribution in [0.25, 0.3) is 0 Å². The van der Waals surface area contributed by atoms with Crippen molar-refractivity contribution in [2.75, 3.05) is 6.54 Å². The maximum Gasteiger partial charge on any atom is 0.123 e. The molecule has 0 radical (unpaired) electrons. The molecule has 1 N–H and O–H groups in total.